The maximum Gasteiger partial charge on any atom is 0.183 e. The number of fused-ring (bicyclic) bond motifs is 1. The molecule has 1 unspecified atom stereocenters. The summed E-state index contributed by atoms with van der Waals surface area (Å²) in [6.07, 6.45) is 8.44. The minimum atomic E-state index is 0.214. The second-order valence-electron chi connectivity index (χ2n) is 7.87. The van der Waals surface area contributed by atoms with Crippen LogP contribution in [0.25, 0.3) is 5.69 Å². The molecule has 5 rings (SSSR count). The topological polar surface area (TPSA) is 111 Å². The first-order valence-corrected chi connectivity index (χ1v) is 10.4. The summed E-state index contributed by atoms with van der Waals surface area (Å²) in [5.41, 5.74) is 2.77. The van der Waals surface area contributed by atoms with Gasteiger partial charge in [0.05, 0.1) is 29.6 Å². The molecule has 2 aliphatic rings. The third-order valence-electron chi connectivity index (χ3n) is 6.12. The lowest BCUT2D eigenvalue weighted by Gasteiger charge is -2.48. The predicted octanol–water partition coefficient (Wildman–Crippen LogP) is 2.22. The first kappa shape index (κ1) is 19.2. The SMILES string of the molecule is N#Cc1cccc(-n2cc(C3CCC[C@H]4CN(c5nccnc5C#N)CCN34)nn2)c1. The number of anilines is 1. The van der Waals surface area contributed by atoms with Gasteiger partial charge < -0.3 is 4.90 Å². The third kappa shape index (κ3) is 3.60. The molecule has 2 aromatic heterocycles. The van der Waals surface area contributed by atoms with E-state index in [1.165, 1.54) is 0 Å². The Morgan fingerprint density at radius 3 is 2.81 bits per heavy atom. The summed E-state index contributed by atoms with van der Waals surface area (Å²) in [5, 5.41) is 27.3. The van der Waals surface area contributed by atoms with Crippen molar-refractivity contribution in [1.82, 2.24) is 29.9 Å². The van der Waals surface area contributed by atoms with E-state index in [1.54, 1.807) is 23.1 Å². The van der Waals surface area contributed by atoms with Gasteiger partial charge in [-0.05, 0) is 37.5 Å². The van der Waals surface area contributed by atoms with E-state index in [4.69, 9.17) is 5.26 Å². The van der Waals surface area contributed by atoms with E-state index in [0.717, 1.165) is 50.3 Å². The maximum atomic E-state index is 9.38. The van der Waals surface area contributed by atoms with Crippen molar-refractivity contribution in [3.63, 3.8) is 0 Å². The highest BCUT2D eigenvalue weighted by Gasteiger charge is 2.37. The van der Waals surface area contributed by atoms with Crippen molar-refractivity contribution < 1.29 is 0 Å². The van der Waals surface area contributed by atoms with Gasteiger partial charge in [0.25, 0.3) is 0 Å². The summed E-state index contributed by atoms with van der Waals surface area (Å²) in [7, 11) is 0. The first-order chi connectivity index (χ1) is 15.3. The molecule has 3 aromatic rings. The molecule has 31 heavy (non-hydrogen) atoms. The molecule has 0 radical (unpaired) electrons. The zero-order chi connectivity index (χ0) is 21.2. The van der Waals surface area contributed by atoms with Crippen LogP contribution < -0.4 is 4.90 Å². The van der Waals surface area contributed by atoms with Crippen LogP contribution in [-0.4, -0.2) is 55.5 Å². The predicted molar refractivity (Wildman–Crippen MR) is 112 cm³/mol. The van der Waals surface area contributed by atoms with Gasteiger partial charge in [0, 0.05) is 38.1 Å². The highest BCUT2D eigenvalue weighted by Crippen LogP contribution is 2.36. The van der Waals surface area contributed by atoms with Gasteiger partial charge in [-0.15, -0.1) is 5.10 Å². The Hall–Kier alpha value is -3.82. The smallest absolute Gasteiger partial charge is 0.183 e. The number of hydrogen-bond acceptors (Lipinski definition) is 8. The van der Waals surface area contributed by atoms with Gasteiger partial charge >= 0.3 is 0 Å². The number of piperazine rings is 1. The lowest BCUT2D eigenvalue weighted by Crippen LogP contribution is -2.56. The van der Waals surface area contributed by atoms with Crippen LogP contribution in [0.2, 0.25) is 0 Å². The second-order valence-corrected chi connectivity index (χ2v) is 7.87. The number of rotatable bonds is 3. The lowest BCUT2D eigenvalue weighted by molar-refractivity contribution is 0.0691. The molecule has 2 fully saturated rings. The summed E-state index contributed by atoms with van der Waals surface area (Å²) >= 11 is 0. The molecule has 9 nitrogen and oxygen atoms in total. The third-order valence-corrected chi connectivity index (χ3v) is 6.12. The zero-order valence-corrected chi connectivity index (χ0v) is 17.0. The Kier molecular flexibility index (Phi) is 5.03. The largest absolute Gasteiger partial charge is 0.351 e. The molecule has 154 valence electrons. The second kappa shape index (κ2) is 8.13. The van der Waals surface area contributed by atoms with Crippen LogP contribution in [0, 0.1) is 22.7 Å². The average molecular weight is 411 g/mol. The monoisotopic (exact) mass is 411 g/mol. The highest BCUT2D eigenvalue weighted by molar-refractivity contribution is 5.50. The van der Waals surface area contributed by atoms with Gasteiger partial charge in [0.15, 0.2) is 11.5 Å². The molecule has 2 saturated heterocycles. The van der Waals surface area contributed by atoms with Crippen LogP contribution in [0.5, 0.6) is 0 Å². The van der Waals surface area contributed by atoms with Crippen molar-refractivity contribution in [3.8, 4) is 17.8 Å². The Morgan fingerprint density at radius 2 is 1.94 bits per heavy atom. The molecule has 0 bridgehead atoms. The van der Waals surface area contributed by atoms with Gasteiger partial charge in [-0.3, -0.25) is 4.90 Å². The van der Waals surface area contributed by atoms with Gasteiger partial charge in [0.2, 0.25) is 0 Å². The van der Waals surface area contributed by atoms with Crippen LogP contribution in [0.15, 0.2) is 42.9 Å². The van der Waals surface area contributed by atoms with Crippen LogP contribution in [0.1, 0.15) is 42.3 Å². The molecule has 9 heteroatoms. The minimum Gasteiger partial charge on any atom is -0.351 e. The van der Waals surface area contributed by atoms with Gasteiger partial charge in [0.1, 0.15) is 11.8 Å². The van der Waals surface area contributed by atoms with E-state index >= 15 is 0 Å². The molecular weight excluding hydrogens is 390 g/mol. The van der Waals surface area contributed by atoms with Crippen LogP contribution in [-0.2, 0) is 0 Å². The lowest BCUT2D eigenvalue weighted by atomic mass is 9.92. The fourth-order valence-electron chi connectivity index (χ4n) is 4.67. The number of piperidine rings is 1. The number of nitrogens with zero attached hydrogens (tertiary/aromatic N) is 9. The molecule has 2 aliphatic heterocycles. The van der Waals surface area contributed by atoms with Crippen LogP contribution >= 0.6 is 0 Å². The Balaban J connectivity index is 1.36. The van der Waals surface area contributed by atoms with Crippen LogP contribution in [0.4, 0.5) is 5.82 Å². The van der Waals surface area contributed by atoms with E-state index in [-0.39, 0.29) is 6.04 Å². The Labute approximate surface area is 180 Å². The van der Waals surface area contributed by atoms with E-state index < -0.39 is 0 Å². The molecule has 4 heterocycles. The van der Waals surface area contributed by atoms with E-state index in [1.807, 2.05) is 24.4 Å². The van der Waals surface area contributed by atoms with Crippen LogP contribution in [0.3, 0.4) is 0 Å². The van der Waals surface area contributed by atoms with Gasteiger partial charge in [-0.1, -0.05) is 11.3 Å². The average Bonchev–Trinajstić information content (AvgIpc) is 3.33. The van der Waals surface area contributed by atoms with Gasteiger partial charge in [-0.2, -0.15) is 10.5 Å². The summed E-state index contributed by atoms with van der Waals surface area (Å²) in [6.45, 7) is 2.48. The summed E-state index contributed by atoms with van der Waals surface area (Å²) in [4.78, 5) is 13.3. The van der Waals surface area contributed by atoms with Gasteiger partial charge in [-0.25, -0.2) is 14.6 Å². The zero-order valence-electron chi connectivity index (χ0n) is 17.0. The van der Waals surface area contributed by atoms with Crippen molar-refractivity contribution in [2.24, 2.45) is 0 Å². The molecule has 0 amide bonds. The molecule has 1 aromatic carbocycles. The molecule has 0 spiro atoms. The van der Waals surface area contributed by atoms with Crippen molar-refractivity contribution in [2.75, 3.05) is 24.5 Å². The molecular formula is C22H21N9. The normalized spacial score (nSPS) is 21.2. The van der Waals surface area contributed by atoms with Crippen molar-refractivity contribution in [1.29, 1.82) is 10.5 Å². The minimum absolute atomic E-state index is 0.214. The van der Waals surface area contributed by atoms with Crippen molar-refractivity contribution in [2.45, 2.75) is 31.3 Å². The molecule has 0 N–H and O–H groups in total. The summed E-state index contributed by atoms with van der Waals surface area (Å²) in [6, 6.07) is 12.3. The number of nitriles is 2. The highest BCUT2D eigenvalue weighted by atomic mass is 15.4. The standard InChI is InChI=1S/C22H21N9/c23-12-16-3-1-4-17(11-16)31-15-20(27-28-31)21-6-2-5-18-14-29(9-10-30(18)21)22-19(13-24)25-7-8-26-22/h1,3-4,7-8,11,15,18,21H,2,5-6,9-10,14H2/t18-,21?/m0/s1. The Morgan fingerprint density at radius 1 is 1.03 bits per heavy atom. The number of hydrogen-bond donors (Lipinski definition) is 0. The number of benzene rings is 1. The van der Waals surface area contributed by atoms with Crippen molar-refractivity contribution >= 4 is 5.82 Å². The maximum absolute atomic E-state index is 9.38. The van der Waals surface area contributed by atoms with E-state index in [9.17, 15) is 5.26 Å². The van der Waals surface area contributed by atoms with E-state index in [0.29, 0.717) is 23.1 Å². The molecule has 0 aliphatic carbocycles. The molecule has 2 atom stereocenters. The number of aromatic nitrogens is 5. The molecule has 0 saturated carbocycles. The Bertz CT molecular complexity index is 1170. The van der Waals surface area contributed by atoms with Crippen molar-refractivity contribution in [3.05, 3.63) is 59.8 Å². The quantitative estimate of drug-likeness (QED) is 0.645. The summed E-state index contributed by atoms with van der Waals surface area (Å²) < 4.78 is 1.74. The summed E-state index contributed by atoms with van der Waals surface area (Å²) in [5.74, 6) is 0.676. The fourth-order valence-corrected chi connectivity index (χ4v) is 4.67. The fraction of sp³-hybridized carbons (Fsp3) is 0.364. The first-order valence-electron chi connectivity index (χ1n) is 10.4. The van der Waals surface area contributed by atoms with E-state index in [2.05, 4.69) is 42.2 Å².